The monoisotopic (exact) mass is 407 g/mol. The lowest BCUT2D eigenvalue weighted by Crippen LogP contribution is -2.31. The molecule has 2 N–H and O–H groups in total. The minimum absolute atomic E-state index is 0.0874. The van der Waals surface area contributed by atoms with Gasteiger partial charge in [-0.1, -0.05) is 36.0 Å². The predicted molar refractivity (Wildman–Crippen MR) is 113 cm³/mol. The topological polar surface area (TPSA) is 91.2 Å². The first-order chi connectivity index (χ1) is 14.0. The van der Waals surface area contributed by atoms with Crippen molar-refractivity contribution in [3.8, 4) is 11.8 Å². The maximum atomic E-state index is 12.3. The van der Waals surface area contributed by atoms with E-state index < -0.39 is 0 Å². The number of nitriles is 1. The first-order valence-corrected chi connectivity index (χ1v) is 10.1. The minimum atomic E-state index is -0.345. The summed E-state index contributed by atoms with van der Waals surface area (Å²) < 4.78 is 5.17. The van der Waals surface area contributed by atoms with Crippen molar-refractivity contribution < 1.29 is 14.3 Å². The lowest BCUT2D eigenvalue weighted by Gasteiger charge is -2.25. The SMILES string of the molecule is COc1ccc([C@H]2CC(=O)NC(SCC(=O)Nc3cccc(C)c3)=C2C#N)cc1. The fraction of sp³-hybridized carbons (Fsp3) is 0.227. The normalized spacial score (nSPS) is 16.0. The van der Waals surface area contributed by atoms with Crippen LogP contribution in [0.15, 0.2) is 59.1 Å². The molecule has 29 heavy (non-hydrogen) atoms. The van der Waals surface area contributed by atoms with Gasteiger partial charge in [0.2, 0.25) is 11.8 Å². The molecule has 2 amide bonds. The van der Waals surface area contributed by atoms with Gasteiger partial charge in [0.05, 0.1) is 29.5 Å². The maximum absolute atomic E-state index is 12.3. The average Bonchev–Trinajstić information content (AvgIpc) is 2.72. The molecule has 0 spiro atoms. The number of benzene rings is 2. The van der Waals surface area contributed by atoms with Crippen LogP contribution in [0.1, 0.15) is 23.5 Å². The zero-order chi connectivity index (χ0) is 20.8. The molecule has 2 aromatic carbocycles. The van der Waals surface area contributed by atoms with E-state index in [-0.39, 0.29) is 29.9 Å². The van der Waals surface area contributed by atoms with Crippen molar-refractivity contribution in [3.05, 3.63) is 70.3 Å². The Balaban J connectivity index is 1.74. The van der Waals surface area contributed by atoms with E-state index in [1.807, 2.05) is 43.3 Å². The number of amides is 2. The Morgan fingerprint density at radius 2 is 2.07 bits per heavy atom. The number of carbonyl (C=O) groups excluding carboxylic acids is 2. The van der Waals surface area contributed by atoms with Gasteiger partial charge in [-0.25, -0.2) is 0 Å². The van der Waals surface area contributed by atoms with Crippen molar-refractivity contribution in [2.45, 2.75) is 19.3 Å². The number of thioether (sulfide) groups is 1. The molecule has 0 fully saturated rings. The van der Waals surface area contributed by atoms with Crippen LogP contribution in [0, 0.1) is 18.3 Å². The summed E-state index contributed by atoms with van der Waals surface area (Å²) in [5.41, 5.74) is 3.09. The van der Waals surface area contributed by atoms with Gasteiger partial charge in [0.25, 0.3) is 0 Å². The Kier molecular flexibility index (Phi) is 6.57. The van der Waals surface area contributed by atoms with Gasteiger partial charge in [-0.2, -0.15) is 5.26 Å². The van der Waals surface area contributed by atoms with Crippen LogP contribution in [0.5, 0.6) is 5.75 Å². The van der Waals surface area contributed by atoms with Crippen molar-refractivity contribution in [1.82, 2.24) is 5.32 Å². The van der Waals surface area contributed by atoms with Gasteiger partial charge >= 0.3 is 0 Å². The van der Waals surface area contributed by atoms with E-state index in [9.17, 15) is 14.9 Å². The molecule has 0 aromatic heterocycles. The van der Waals surface area contributed by atoms with Crippen molar-refractivity contribution >= 4 is 29.3 Å². The summed E-state index contributed by atoms with van der Waals surface area (Å²) >= 11 is 1.16. The van der Waals surface area contributed by atoms with Gasteiger partial charge < -0.3 is 15.4 Å². The Morgan fingerprint density at radius 1 is 1.31 bits per heavy atom. The molecule has 1 atom stereocenters. The number of hydrogen-bond acceptors (Lipinski definition) is 5. The Morgan fingerprint density at radius 3 is 2.72 bits per heavy atom. The molecule has 0 unspecified atom stereocenters. The molecule has 3 rings (SSSR count). The van der Waals surface area contributed by atoms with Gasteiger partial charge in [0.15, 0.2) is 0 Å². The third-order valence-corrected chi connectivity index (χ3v) is 5.54. The number of carbonyl (C=O) groups is 2. The largest absolute Gasteiger partial charge is 0.497 e. The molecule has 0 radical (unpaired) electrons. The average molecular weight is 407 g/mol. The maximum Gasteiger partial charge on any atom is 0.234 e. The van der Waals surface area contributed by atoms with Crippen LogP contribution in [-0.4, -0.2) is 24.7 Å². The summed E-state index contributed by atoms with van der Waals surface area (Å²) in [6.07, 6.45) is 0.189. The first kappa shape index (κ1) is 20.5. The highest BCUT2D eigenvalue weighted by molar-refractivity contribution is 8.03. The molecule has 0 bridgehead atoms. The third kappa shape index (κ3) is 5.18. The number of ether oxygens (including phenoxy) is 1. The van der Waals surface area contributed by atoms with E-state index in [1.165, 1.54) is 0 Å². The molecule has 1 aliphatic heterocycles. The molecule has 0 aliphatic carbocycles. The quantitative estimate of drug-likeness (QED) is 0.762. The second-order valence-electron chi connectivity index (χ2n) is 6.64. The van der Waals surface area contributed by atoms with Crippen molar-refractivity contribution in [1.29, 1.82) is 5.26 Å². The summed E-state index contributed by atoms with van der Waals surface area (Å²) in [7, 11) is 1.58. The fourth-order valence-electron chi connectivity index (χ4n) is 3.11. The molecule has 148 valence electrons. The Bertz CT molecular complexity index is 993. The number of rotatable bonds is 6. The predicted octanol–water partition coefficient (Wildman–Crippen LogP) is 3.71. The van der Waals surface area contributed by atoms with E-state index in [0.29, 0.717) is 22.0 Å². The van der Waals surface area contributed by atoms with Gasteiger partial charge in [0.1, 0.15) is 5.75 Å². The Hall–Kier alpha value is -3.24. The standard InChI is InChI=1S/C22H21N3O3S/c1-14-4-3-5-16(10-14)24-21(27)13-29-22-19(12-23)18(11-20(26)25-22)15-6-8-17(28-2)9-7-15/h3-10,18H,11,13H2,1-2H3,(H,24,27)(H,25,26)/t18-/m1/s1. The minimum Gasteiger partial charge on any atom is -0.497 e. The lowest BCUT2D eigenvalue weighted by molar-refractivity contribution is -0.121. The zero-order valence-corrected chi connectivity index (χ0v) is 17.0. The molecule has 2 aromatic rings. The number of nitrogens with zero attached hydrogens (tertiary/aromatic N) is 1. The summed E-state index contributed by atoms with van der Waals surface area (Å²) in [6.45, 7) is 1.95. The van der Waals surface area contributed by atoms with Crippen LogP contribution in [0.25, 0.3) is 0 Å². The molecular weight excluding hydrogens is 386 g/mol. The van der Waals surface area contributed by atoms with E-state index in [1.54, 1.807) is 19.2 Å². The van der Waals surface area contributed by atoms with E-state index in [2.05, 4.69) is 16.7 Å². The van der Waals surface area contributed by atoms with Crippen LogP contribution in [0.4, 0.5) is 5.69 Å². The lowest BCUT2D eigenvalue weighted by atomic mass is 9.87. The molecule has 6 nitrogen and oxygen atoms in total. The smallest absolute Gasteiger partial charge is 0.234 e. The molecular formula is C22H21N3O3S. The highest BCUT2D eigenvalue weighted by Gasteiger charge is 2.29. The molecule has 1 heterocycles. The number of nitrogens with one attached hydrogen (secondary N) is 2. The third-order valence-electron chi connectivity index (χ3n) is 4.52. The van der Waals surface area contributed by atoms with Gasteiger partial charge in [-0.05, 0) is 42.3 Å². The molecule has 7 heteroatoms. The van der Waals surface area contributed by atoms with Crippen LogP contribution in [0.3, 0.4) is 0 Å². The molecule has 0 saturated carbocycles. The number of anilines is 1. The van der Waals surface area contributed by atoms with Crippen molar-refractivity contribution in [2.75, 3.05) is 18.2 Å². The van der Waals surface area contributed by atoms with E-state index in [0.717, 1.165) is 22.9 Å². The Labute approximate surface area is 173 Å². The number of allylic oxidation sites excluding steroid dienone is 1. The number of aryl methyl sites for hydroxylation is 1. The summed E-state index contributed by atoms with van der Waals surface area (Å²) in [4.78, 5) is 24.5. The molecule has 0 saturated heterocycles. The van der Waals surface area contributed by atoms with Crippen LogP contribution >= 0.6 is 11.8 Å². The molecule has 1 aliphatic rings. The highest BCUT2D eigenvalue weighted by atomic mass is 32.2. The number of methoxy groups -OCH3 is 1. The van der Waals surface area contributed by atoms with Crippen LogP contribution < -0.4 is 15.4 Å². The second-order valence-corrected chi connectivity index (χ2v) is 7.62. The second kappa shape index (κ2) is 9.30. The summed E-state index contributed by atoms with van der Waals surface area (Å²) in [5.74, 6) is 0.0721. The fourth-order valence-corrected chi connectivity index (χ4v) is 3.99. The van der Waals surface area contributed by atoms with E-state index in [4.69, 9.17) is 4.74 Å². The van der Waals surface area contributed by atoms with Crippen molar-refractivity contribution in [3.63, 3.8) is 0 Å². The van der Waals surface area contributed by atoms with Crippen LogP contribution in [0.2, 0.25) is 0 Å². The van der Waals surface area contributed by atoms with E-state index >= 15 is 0 Å². The van der Waals surface area contributed by atoms with Gasteiger partial charge in [-0.15, -0.1) is 0 Å². The summed E-state index contributed by atoms with van der Waals surface area (Å²) in [5, 5.41) is 15.7. The van der Waals surface area contributed by atoms with Gasteiger partial charge in [-0.3, -0.25) is 9.59 Å². The van der Waals surface area contributed by atoms with Crippen molar-refractivity contribution in [2.24, 2.45) is 0 Å². The van der Waals surface area contributed by atoms with Gasteiger partial charge in [0, 0.05) is 18.0 Å². The first-order valence-electron chi connectivity index (χ1n) is 9.07. The summed E-state index contributed by atoms with van der Waals surface area (Å²) in [6, 6.07) is 17.0. The van der Waals surface area contributed by atoms with Crippen LogP contribution in [-0.2, 0) is 9.59 Å². The zero-order valence-electron chi connectivity index (χ0n) is 16.2. The highest BCUT2D eigenvalue weighted by Crippen LogP contribution is 2.36. The number of hydrogen-bond donors (Lipinski definition) is 2.